The molecule has 0 unspecified atom stereocenters. The van der Waals surface area contributed by atoms with Crippen LogP contribution in [0.15, 0.2) is 58.8 Å². The van der Waals surface area contributed by atoms with Gasteiger partial charge in [0.25, 0.3) is 0 Å². The van der Waals surface area contributed by atoms with E-state index in [2.05, 4.69) is 54.4 Å². The normalized spacial score (nSPS) is 11.3. The molecule has 0 bridgehead atoms. The highest BCUT2D eigenvalue weighted by Gasteiger charge is 2.09. The number of hydrogen-bond acceptors (Lipinski definition) is 4. The number of aryl methyl sites for hydroxylation is 1. The van der Waals surface area contributed by atoms with Crippen molar-refractivity contribution in [3.8, 4) is 17.3 Å². The number of allylic oxidation sites excluding steroid dienone is 1. The molecule has 3 aromatic rings. The minimum Gasteiger partial charge on any atom is -0.235 e. The molecule has 0 radical (unpaired) electrons. The van der Waals surface area contributed by atoms with Gasteiger partial charge < -0.3 is 0 Å². The van der Waals surface area contributed by atoms with Gasteiger partial charge in [-0.2, -0.15) is 5.26 Å². The van der Waals surface area contributed by atoms with Crippen LogP contribution in [-0.4, -0.2) is 11.2 Å². The number of nitrogens with zero attached hydrogens (tertiary/aromatic N) is 2. The van der Waals surface area contributed by atoms with Gasteiger partial charge in [-0.15, -0.1) is 23.1 Å². The van der Waals surface area contributed by atoms with E-state index in [9.17, 15) is 5.26 Å². The molecular formula is C20H16N2S2. The Hall–Kier alpha value is -2.35. The topological polar surface area (TPSA) is 36.7 Å². The van der Waals surface area contributed by atoms with Crippen molar-refractivity contribution in [1.82, 2.24) is 4.98 Å². The van der Waals surface area contributed by atoms with Gasteiger partial charge in [-0.3, -0.25) is 0 Å². The lowest BCUT2D eigenvalue weighted by Gasteiger charge is -1.99. The van der Waals surface area contributed by atoms with Crippen molar-refractivity contribution in [2.45, 2.75) is 11.8 Å². The minimum absolute atomic E-state index is 0.593. The largest absolute Gasteiger partial charge is 0.235 e. The Morgan fingerprint density at radius 1 is 1.12 bits per heavy atom. The van der Waals surface area contributed by atoms with E-state index in [4.69, 9.17) is 0 Å². The Kier molecular flexibility index (Phi) is 5.14. The van der Waals surface area contributed by atoms with Crippen LogP contribution in [0.3, 0.4) is 0 Å². The SMILES string of the molecule is CSc1ccc(/C=C(\C#N)c2nc(-c3ccc(C)cc3)cs2)cc1. The van der Waals surface area contributed by atoms with E-state index in [1.165, 1.54) is 21.8 Å². The number of hydrogen-bond donors (Lipinski definition) is 0. The highest BCUT2D eigenvalue weighted by Crippen LogP contribution is 2.27. The standard InChI is InChI=1S/C20H16N2S2/c1-14-3-7-16(8-4-14)19-13-24-20(22-19)17(12-21)11-15-5-9-18(23-2)10-6-15/h3-11,13H,1-2H3/b17-11+. The molecule has 118 valence electrons. The predicted octanol–water partition coefficient (Wildman–Crippen LogP) is 5.90. The molecule has 0 fully saturated rings. The fourth-order valence-corrected chi connectivity index (χ4v) is 3.47. The van der Waals surface area contributed by atoms with Gasteiger partial charge in [0.05, 0.1) is 11.3 Å². The summed E-state index contributed by atoms with van der Waals surface area (Å²) in [6.07, 6.45) is 3.94. The zero-order valence-corrected chi connectivity index (χ0v) is 15.1. The van der Waals surface area contributed by atoms with Gasteiger partial charge in [0, 0.05) is 15.8 Å². The zero-order valence-electron chi connectivity index (χ0n) is 13.5. The van der Waals surface area contributed by atoms with Crippen molar-refractivity contribution >= 4 is 34.7 Å². The van der Waals surface area contributed by atoms with Crippen LogP contribution in [-0.2, 0) is 0 Å². The second-order valence-electron chi connectivity index (χ2n) is 5.35. The summed E-state index contributed by atoms with van der Waals surface area (Å²) in [6.45, 7) is 2.06. The van der Waals surface area contributed by atoms with Gasteiger partial charge >= 0.3 is 0 Å². The van der Waals surface area contributed by atoms with Crippen LogP contribution in [0.4, 0.5) is 0 Å². The summed E-state index contributed by atoms with van der Waals surface area (Å²) in [5.41, 5.74) is 4.81. The smallest absolute Gasteiger partial charge is 0.134 e. The Bertz CT molecular complexity index is 898. The maximum Gasteiger partial charge on any atom is 0.134 e. The first-order chi connectivity index (χ1) is 11.7. The summed E-state index contributed by atoms with van der Waals surface area (Å²) in [4.78, 5) is 5.84. The van der Waals surface area contributed by atoms with E-state index in [1.807, 2.05) is 29.8 Å². The van der Waals surface area contributed by atoms with Crippen molar-refractivity contribution in [3.63, 3.8) is 0 Å². The van der Waals surface area contributed by atoms with Crippen molar-refractivity contribution in [1.29, 1.82) is 5.26 Å². The fraction of sp³-hybridized carbons (Fsp3) is 0.100. The number of nitriles is 1. The second-order valence-corrected chi connectivity index (χ2v) is 7.08. The number of rotatable bonds is 4. The van der Waals surface area contributed by atoms with Crippen molar-refractivity contribution < 1.29 is 0 Å². The lowest BCUT2D eigenvalue weighted by Crippen LogP contribution is -1.83. The van der Waals surface area contributed by atoms with Crippen LogP contribution in [0.1, 0.15) is 16.1 Å². The number of thioether (sulfide) groups is 1. The highest BCUT2D eigenvalue weighted by atomic mass is 32.2. The first-order valence-corrected chi connectivity index (χ1v) is 9.59. The molecule has 3 rings (SSSR count). The molecule has 0 atom stereocenters. The molecule has 2 aromatic carbocycles. The molecule has 0 aliphatic rings. The zero-order chi connectivity index (χ0) is 16.9. The van der Waals surface area contributed by atoms with Crippen LogP contribution in [0.25, 0.3) is 22.9 Å². The summed E-state index contributed by atoms with van der Waals surface area (Å²) >= 11 is 3.21. The van der Waals surface area contributed by atoms with Gasteiger partial charge in [-0.1, -0.05) is 42.0 Å². The van der Waals surface area contributed by atoms with Crippen LogP contribution < -0.4 is 0 Å². The van der Waals surface area contributed by atoms with Crippen LogP contribution in [0.5, 0.6) is 0 Å². The molecular weight excluding hydrogens is 332 g/mol. The third kappa shape index (κ3) is 3.76. The molecule has 0 N–H and O–H groups in total. The van der Waals surface area contributed by atoms with E-state index >= 15 is 0 Å². The molecule has 24 heavy (non-hydrogen) atoms. The van der Waals surface area contributed by atoms with Gasteiger partial charge in [-0.05, 0) is 37.0 Å². The summed E-state index contributed by atoms with van der Waals surface area (Å²) in [5.74, 6) is 0. The van der Waals surface area contributed by atoms with Crippen molar-refractivity contribution in [2.75, 3.05) is 6.26 Å². The molecule has 2 nitrogen and oxygen atoms in total. The first-order valence-electron chi connectivity index (χ1n) is 7.48. The van der Waals surface area contributed by atoms with E-state index in [0.717, 1.165) is 21.8 Å². The van der Waals surface area contributed by atoms with Crippen LogP contribution in [0, 0.1) is 18.3 Å². The molecule has 0 aliphatic heterocycles. The average Bonchev–Trinajstić information content (AvgIpc) is 3.10. The Morgan fingerprint density at radius 2 is 1.83 bits per heavy atom. The minimum atomic E-state index is 0.593. The van der Waals surface area contributed by atoms with E-state index < -0.39 is 0 Å². The lowest BCUT2D eigenvalue weighted by molar-refractivity contribution is 1.36. The highest BCUT2D eigenvalue weighted by molar-refractivity contribution is 7.98. The molecule has 1 aromatic heterocycles. The predicted molar refractivity (Wildman–Crippen MR) is 104 cm³/mol. The Morgan fingerprint density at radius 3 is 2.46 bits per heavy atom. The monoisotopic (exact) mass is 348 g/mol. The average molecular weight is 348 g/mol. The fourth-order valence-electron chi connectivity index (χ4n) is 2.26. The number of aromatic nitrogens is 1. The molecule has 4 heteroatoms. The Labute approximate surface area is 150 Å². The van der Waals surface area contributed by atoms with Gasteiger partial charge in [-0.25, -0.2) is 4.98 Å². The second kappa shape index (κ2) is 7.48. The molecule has 1 heterocycles. The number of thiazole rings is 1. The van der Waals surface area contributed by atoms with Crippen molar-refractivity contribution in [3.05, 3.63) is 70.0 Å². The Balaban J connectivity index is 1.90. The van der Waals surface area contributed by atoms with Crippen LogP contribution >= 0.6 is 23.1 Å². The first kappa shape index (κ1) is 16.5. The number of benzene rings is 2. The summed E-state index contributed by atoms with van der Waals surface area (Å²) < 4.78 is 0. The molecule has 0 amide bonds. The summed E-state index contributed by atoms with van der Waals surface area (Å²) in [7, 11) is 0. The molecule has 0 spiro atoms. The molecule has 0 aliphatic carbocycles. The maximum atomic E-state index is 9.50. The summed E-state index contributed by atoms with van der Waals surface area (Å²) in [6, 6.07) is 18.7. The third-order valence-corrected chi connectivity index (χ3v) is 5.25. The maximum absolute atomic E-state index is 9.50. The van der Waals surface area contributed by atoms with E-state index in [0.29, 0.717) is 5.57 Å². The van der Waals surface area contributed by atoms with Crippen molar-refractivity contribution in [2.24, 2.45) is 0 Å². The lowest BCUT2D eigenvalue weighted by atomic mass is 10.1. The quantitative estimate of drug-likeness (QED) is 0.435. The van der Waals surface area contributed by atoms with Gasteiger partial charge in [0.2, 0.25) is 0 Å². The van der Waals surface area contributed by atoms with E-state index in [-0.39, 0.29) is 0 Å². The molecule has 0 saturated carbocycles. The third-order valence-electron chi connectivity index (χ3n) is 3.63. The summed E-state index contributed by atoms with van der Waals surface area (Å²) in [5, 5.41) is 12.3. The van der Waals surface area contributed by atoms with E-state index in [1.54, 1.807) is 11.8 Å². The molecule has 0 saturated heterocycles. The van der Waals surface area contributed by atoms with Crippen LogP contribution in [0.2, 0.25) is 0 Å². The van der Waals surface area contributed by atoms with Gasteiger partial charge in [0.1, 0.15) is 11.1 Å². The van der Waals surface area contributed by atoms with Gasteiger partial charge in [0.15, 0.2) is 0 Å².